The third-order valence-corrected chi connectivity index (χ3v) is 5.94. The van der Waals surface area contributed by atoms with Crippen molar-refractivity contribution in [1.29, 1.82) is 0 Å². The summed E-state index contributed by atoms with van der Waals surface area (Å²) in [6.45, 7) is 9.26. The van der Waals surface area contributed by atoms with Gasteiger partial charge in [0.05, 0.1) is 7.11 Å². The summed E-state index contributed by atoms with van der Waals surface area (Å²) in [7, 11) is 1.70. The molecule has 2 aromatic carbocycles. The number of hydrogen-bond acceptors (Lipinski definition) is 3. The predicted octanol–water partition coefficient (Wildman–Crippen LogP) is 1.91. The molecule has 0 amide bonds. The zero-order valence-electron chi connectivity index (χ0n) is 17.4. The topological polar surface area (TPSA) is 27.7 Å². The van der Waals surface area contributed by atoms with Crippen molar-refractivity contribution >= 4 is 22.8 Å². The Hall–Kier alpha value is -0.918. The summed E-state index contributed by atoms with van der Waals surface area (Å²) in [5, 5.41) is 2.35. The van der Waals surface area contributed by atoms with Crippen molar-refractivity contribution in [2.75, 3.05) is 7.11 Å². The molecule has 0 spiro atoms. The van der Waals surface area contributed by atoms with E-state index in [0.717, 1.165) is 30.4 Å². The van der Waals surface area contributed by atoms with Gasteiger partial charge in [0, 0.05) is 11.2 Å². The van der Waals surface area contributed by atoms with Gasteiger partial charge in [-0.05, 0) is 50.6 Å². The summed E-state index contributed by atoms with van der Waals surface area (Å²) in [5.74, 6) is 0.877. The first-order valence-corrected chi connectivity index (χ1v) is 9.37. The van der Waals surface area contributed by atoms with E-state index < -0.39 is 6.55 Å². The van der Waals surface area contributed by atoms with Crippen LogP contribution in [0.5, 0.6) is 5.75 Å². The van der Waals surface area contributed by atoms with Gasteiger partial charge < -0.3 is 14.0 Å². The minimum atomic E-state index is -1.49. The quantitative estimate of drug-likeness (QED) is 0.773. The molecule has 5 heteroatoms. The molecule has 0 aromatic heterocycles. The molecular weight excluding hydrogens is 318 g/mol. The summed E-state index contributed by atoms with van der Waals surface area (Å²) < 4.78 is 18.6. The normalized spacial score (nSPS) is 19.9. The molecule has 3 rings (SSSR count). The molecule has 1 saturated heterocycles. The molecule has 0 bridgehead atoms. The molecule has 1 heterocycles. The molecule has 0 unspecified atom stereocenters. The van der Waals surface area contributed by atoms with Crippen LogP contribution >= 0.6 is 0 Å². The van der Waals surface area contributed by atoms with Gasteiger partial charge in [0.25, 0.3) is 6.55 Å². The molecule has 3 nitrogen and oxygen atoms in total. The average Bonchev–Trinajstić information content (AvgIpc) is 2.77. The maximum absolute atomic E-state index is 6.65. The van der Waals surface area contributed by atoms with Crippen LogP contribution in [-0.4, -0.2) is 24.9 Å². The third kappa shape index (κ3) is 3.71. The Morgan fingerprint density at radius 2 is 1.50 bits per heavy atom. The average molecular weight is 348 g/mol. The van der Waals surface area contributed by atoms with Crippen molar-refractivity contribution in [2.45, 2.75) is 65.0 Å². The zero-order chi connectivity index (χ0) is 18.3. The fourth-order valence-corrected chi connectivity index (χ4v) is 3.80. The van der Waals surface area contributed by atoms with Crippen LogP contribution < -0.4 is 29.1 Å². The van der Waals surface area contributed by atoms with E-state index in [0.29, 0.717) is 0 Å². The van der Waals surface area contributed by atoms with Crippen molar-refractivity contribution in [1.82, 2.24) is 0 Å². The van der Waals surface area contributed by atoms with Crippen LogP contribution in [0.4, 0.5) is 0 Å². The van der Waals surface area contributed by atoms with Gasteiger partial charge in [-0.3, -0.25) is 0 Å². The molecular formula is C21H30BLiO3. The van der Waals surface area contributed by atoms with E-state index in [1.807, 2.05) is 6.07 Å². The second kappa shape index (κ2) is 7.60. The Bertz CT molecular complexity index is 757. The fraction of sp³-hybridized carbons (Fsp3) is 0.524. The molecule has 1 aliphatic heterocycles. The third-order valence-electron chi connectivity index (χ3n) is 5.94. The van der Waals surface area contributed by atoms with Crippen LogP contribution in [0.3, 0.4) is 0 Å². The SMILES string of the molecule is CCCC[B-]1(c2ccc3cc(OC)ccc3c2)OC(C)(C)C(C)(C)O1.[Li+]. The van der Waals surface area contributed by atoms with E-state index in [2.05, 4.69) is 65.0 Å². The Morgan fingerprint density at radius 3 is 2.08 bits per heavy atom. The standard InChI is InChI=1S/C21H30BO3.Li/c1-7-8-13-22(24-20(2,3)21(4,5)25-22)18-11-9-17-15-19(23-6)12-10-16(17)14-18;/h9-12,14-15H,7-8,13H2,1-6H3;/q-1;+1. The maximum atomic E-state index is 6.65. The number of fused-ring (bicyclic) bond motifs is 1. The van der Waals surface area contributed by atoms with Crippen molar-refractivity contribution in [2.24, 2.45) is 0 Å². The van der Waals surface area contributed by atoms with E-state index in [1.165, 1.54) is 10.8 Å². The molecule has 0 N–H and O–H groups in total. The first-order valence-electron chi connectivity index (χ1n) is 9.37. The van der Waals surface area contributed by atoms with Crippen LogP contribution in [0.2, 0.25) is 6.32 Å². The molecule has 136 valence electrons. The summed E-state index contributed by atoms with van der Waals surface area (Å²) in [6.07, 6.45) is 3.14. The summed E-state index contributed by atoms with van der Waals surface area (Å²) in [5.41, 5.74) is 0.510. The van der Waals surface area contributed by atoms with Gasteiger partial charge in [0.15, 0.2) is 0 Å². The van der Waals surface area contributed by atoms with E-state index in [-0.39, 0.29) is 30.1 Å². The van der Waals surface area contributed by atoms with Gasteiger partial charge in [-0.2, -0.15) is 5.46 Å². The van der Waals surface area contributed by atoms with Crippen molar-refractivity contribution in [3.8, 4) is 5.75 Å². The van der Waals surface area contributed by atoms with Crippen molar-refractivity contribution < 1.29 is 32.9 Å². The maximum Gasteiger partial charge on any atom is 1.00 e. The van der Waals surface area contributed by atoms with E-state index >= 15 is 0 Å². The predicted molar refractivity (Wildman–Crippen MR) is 106 cm³/mol. The molecule has 2 aromatic rings. The largest absolute Gasteiger partial charge is 1.00 e. The molecule has 0 saturated carbocycles. The van der Waals surface area contributed by atoms with Gasteiger partial charge in [-0.15, -0.1) is 6.32 Å². The first kappa shape index (κ1) is 21.4. The number of hydrogen-bond donors (Lipinski definition) is 0. The summed E-state index contributed by atoms with van der Waals surface area (Å²) >= 11 is 0. The molecule has 1 aliphatic rings. The Kier molecular flexibility index (Phi) is 6.25. The van der Waals surface area contributed by atoms with Gasteiger partial charge in [0.2, 0.25) is 0 Å². The molecule has 0 atom stereocenters. The second-order valence-corrected chi connectivity index (χ2v) is 8.24. The number of rotatable bonds is 5. The van der Waals surface area contributed by atoms with Crippen LogP contribution in [0.25, 0.3) is 10.8 Å². The minimum absolute atomic E-state index is 0. The summed E-state index contributed by atoms with van der Waals surface area (Å²) in [6, 6.07) is 12.7. The van der Waals surface area contributed by atoms with Gasteiger partial charge >= 0.3 is 18.9 Å². The number of unbranched alkanes of at least 4 members (excludes halogenated alkanes) is 1. The minimum Gasteiger partial charge on any atom is -0.558 e. The summed E-state index contributed by atoms with van der Waals surface area (Å²) in [4.78, 5) is 0. The van der Waals surface area contributed by atoms with Gasteiger partial charge in [-0.25, -0.2) is 0 Å². The molecule has 26 heavy (non-hydrogen) atoms. The van der Waals surface area contributed by atoms with Crippen LogP contribution in [-0.2, 0) is 9.31 Å². The van der Waals surface area contributed by atoms with Gasteiger partial charge in [-0.1, -0.05) is 44.0 Å². The smallest absolute Gasteiger partial charge is 0.558 e. The molecule has 1 fully saturated rings. The first-order chi connectivity index (χ1) is 11.7. The number of methoxy groups -OCH3 is 1. The Balaban J connectivity index is 0.00000243. The second-order valence-electron chi connectivity index (χ2n) is 8.24. The fourth-order valence-electron chi connectivity index (χ4n) is 3.80. The Labute approximate surface area is 169 Å². The van der Waals surface area contributed by atoms with Crippen LogP contribution in [0, 0.1) is 0 Å². The molecule has 0 aliphatic carbocycles. The van der Waals surface area contributed by atoms with Crippen LogP contribution in [0.1, 0.15) is 47.5 Å². The van der Waals surface area contributed by atoms with E-state index in [9.17, 15) is 0 Å². The van der Waals surface area contributed by atoms with Crippen molar-refractivity contribution in [3.63, 3.8) is 0 Å². The number of benzene rings is 2. The Morgan fingerprint density at radius 1 is 0.923 bits per heavy atom. The molecule has 0 radical (unpaired) electrons. The number of ether oxygens (including phenoxy) is 1. The monoisotopic (exact) mass is 348 g/mol. The van der Waals surface area contributed by atoms with Crippen LogP contribution in [0.15, 0.2) is 36.4 Å². The zero-order valence-corrected chi connectivity index (χ0v) is 17.4. The van der Waals surface area contributed by atoms with Gasteiger partial charge in [0.1, 0.15) is 5.75 Å². The van der Waals surface area contributed by atoms with Crippen molar-refractivity contribution in [3.05, 3.63) is 36.4 Å². The van der Waals surface area contributed by atoms with E-state index in [1.54, 1.807) is 7.11 Å². The van der Waals surface area contributed by atoms with E-state index in [4.69, 9.17) is 14.0 Å².